The van der Waals surface area contributed by atoms with Crippen molar-refractivity contribution in [3.8, 4) is 10.8 Å². The highest BCUT2D eigenvalue weighted by Crippen LogP contribution is 2.25. The van der Waals surface area contributed by atoms with E-state index in [0.29, 0.717) is 37.4 Å². The molecule has 2 aromatic rings. The van der Waals surface area contributed by atoms with Gasteiger partial charge in [-0.25, -0.2) is 17.7 Å². The fourth-order valence-corrected chi connectivity index (χ4v) is 4.48. The summed E-state index contributed by atoms with van der Waals surface area (Å²) in [4.78, 5) is 16.7. The van der Waals surface area contributed by atoms with Crippen LogP contribution >= 0.6 is 11.3 Å². The summed E-state index contributed by atoms with van der Waals surface area (Å²) in [5.41, 5.74) is 0.708. The Bertz CT molecular complexity index is 848. The number of piperidine rings is 1. The van der Waals surface area contributed by atoms with Gasteiger partial charge in [-0.2, -0.15) is 0 Å². The Balaban J connectivity index is 1.51. The van der Waals surface area contributed by atoms with Crippen LogP contribution in [0.4, 0.5) is 0 Å². The Kier molecular flexibility index (Phi) is 5.26. The molecule has 9 heteroatoms. The second-order valence-corrected chi connectivity index (χ2v) is 9.08. The van der Waals surface area contributed by atoms with Gasteiger partial charge < -0.3 is 9.73 Å². The van der Waals surface area contributed by atoms with Crippen molar-refractivity contribution < 1.29 is 17.6 Å². The molecule has 0 bridgehead atoms. The highest BCUT2D eigenvalue weighted by Gasteiger charge is 2.25. The Labute approximate surface area is 151 Å². The fraction of sp³-hybridized carbons (Fsp3) is 0.500. The van der Waals surface area contributed by atoms with Crippen LogP contribution in [0.25, 0.3) is 10.8 Å². The van der Waals surface area contributed by atoms with Crippen molar-refractivity contribution in [1.82, 2.24) is 14.6 Å². The van der Waals surface area contributed by atoms with E-state index >= 15 is 0 Å². The van der Waals surface area contributed by atoms with E-state index in [1.165, 1.54) is 21.9 Å². The van der Waals surface area contributed by atoms with Gasteiger partial charge >= 0.3 is 0 Å². The summed E-state index contributed by atoms with van der Waals surface area (Å²) >= 11 is 1.45. The number of aryl methyl sites for hydroxylation is 1. The number of nitrogens with zero attached hydrogens (tertiary/aromatic N) is 2. The molecule has 0 spiro atoms. The van der Waals surface area contributed by atoms with Gasteiger partial charge in [-0.05, 0) is 31.9 Å². The van der Waals surface area contributed by atoms with Crippen LogP contribution in [-0.2, 0) is 21.2 Å². The molecule has 0 unspecified atom stereocenters. The van der Waals surface area contributed by atoms with E-state index < -0.39 is 10.0 Å². The molecular weight excluding hydrogens is 362 g/mol. The highest BCUT2D eigenvalue weighted by atomic mass is 32.2. The van der Waals surface area contributed by atoms with Crippen LogP contribution < -0.4 is 5.32 Å². The minimum Gasteiger partial charge on any atom is -0.459 e. The average molecular weight is 383 g/mol. The third-order valence-electron chi connectivity index (χ3n) is 4.13. The zero-order valence-corrected chi connectivity index (χ0v) is 15.8. The lowest BCUT2D eigenvalue weighted by molar-refractivity contribution is -0.121. The molecule has 3 heterocycles. The number of hydrogen-bond acceptors (Lipinski definition) is 6. The Hall–Kier alpha value is -1.71. The van der Waals surface area contributed by atoms with Gasteiger partial charge in [0.1, 0.15) is 5.76 Å². The van der Waals surface area contributed by atoms with Crippen LogP contribution in [0.2, 0.25) is 0 Å². The third-order valence-corrected chi connectivity index (χ3v) is 6.34. The van der Waals surface area contributed by atoms with Crippen molar-refractivity contribution in [3.63, 3.8) is 0 Å². The second-order valence-electron chi connectivity index (χ2n) is 6.23. The standard InChI is InChI=1S/C16H21N3O4S2/c1-11-3-4-14(23-11)16-18-13(10-24-16)9-15(20)17-12-5-7-19(8-6-12)25(2,21)22/h3-4,10,12H,5-9H2,1-2H3,(H,17,20). The van der Waals surface area contributed by atoms with Crippen molar-refractivity contribution in [2.45, 2.75) is 32.2 Å². The number of rotatable bonds is 5. The SMILES string of the molecule is Cc1ccc(-c2nc(CC(=O)NC3CCN(S(C)(=O)=O)CC3)cs2)o1. The maximum atomic E-state index is 12.2. The molecule has 0 radical (unpaired) electrons. The monoisotopic (exact) mass is 383 g/mol. The smallest absolute Gasteiger partial charge is 0.226 e. The fourth-order valence-electron chi connectivity index (χ4n) is 2.83. The minimum absolute atomic E-state index is 0.0105. The number of furan rings is 1. The van der Waals surface area contributed by atoms with Crippen LogP contribution in [0.15, 0.2) is 21.9 Å². The number of amides is 1. The average Bonchev–Trinajstić information content (AvgIpc) is 3.15. The number of sulfonamides is 1. The van der Waals surface area contributed by atoms with Gasteiger partial charge in [0.25, 0.3) is 0 Å². The summed E-state index contributed by atoms with van der Waals surface area (Å²) in [6.07, 6.45) is 2.69. The van der Waals surface area contributed by atoms with Crippen LogP contribution in [0.3, 0.4) is 0 Å². The van der Waals surface area contributed by atoms with E-state index in [9.17, 15) is 13.2 Å². The molecule has 0 aliphatic carbocycles. The number of carbonyl (C=O) groups excluding carboxylic acids is 1. The van der Waals surface area contributed by atoms with Gasteiger partial charge in [0, 0.05) is 24.5 Å². The summed E-state index contributed by atoms with van der Waals surface area (Å²) in [6.45, 7) is 2.77. The third kappa shape index (κ3) is 4.68. The summed E-state index contributed by atoms with van der Waals surface area (Å²) in [5.74, 6) is 1.44. The topological polar surface area (TPSA) is 92.5 Å². The quantitative estimate of drug-likeness (QED) is 0.850. The molecule has 2 aromatic heterocycles. The van der Waals surface area contributed by atoms with Crippen molar-refractivity contribution in [1.29, 1.82) is 0 Å². The van der Waals surface area contributed by atoms with Crippen molar-refractivity contribution >= 4 is 27.3 Å². The van der Waals surface area contributed by atoms with E-state index in [0.717, 1.165) is 10.8 Å². The van der Waals surface area contributed by atoms with Gasteiger partial charge in [0.15, 0.2) is 10.8 Å². The van der Waals surface area contributed by atoms with Gasteiger partial charge in [-0.1, -0.05) is 0 Å². The van der Waals surface area contributed by atoms with E-state index in [4.69, 9.17) is 4.42 Å². The number of nitrogens with one attached hydrogen (secondary N) is 1. The summed E-state index contributed by atoms with van der Waals surface area (Å²) in [6, 6.07) is 3.76. The first-order chi connectivity index (χ1) is 11.8. The molecule has 0 saturated carbocycles. The van der Waals surface area contributed by atoms with Crippen LogP contribution in [0, 0.1) is 6.92 Å². The zero-order valence-electron chi connectivity index (χ0n) is 14.2. The van der Waals surface area contributed by atoms with Crippen molar-refractivity contribution in [2.75, 3.05) is 19.3 Å². The molecule has 0 aromatic carbocycles. The molecule has 1 saturated heterocycles. The lowest BCUT2D eigenvalue weighted by Gasteiger charge is -2.30. The van der Waals surface area contributed by atoms with Gasteiger partial charge in [0.2, 0.25) is 15.9 Å². The van der Waals surface area contributed by atoms with Gasteiger partial charge in [-0.15, -0.1) is 11.3 Å². The highest BCUT2D eigenvalue weighted by molar-refractivity contribution is 7.88. The maximum absolute atomic E-state index is 12.2. The Morgan fingerprint density at radius 3 is 2.72 bits per heavy atom. The summed E-state index contributed by atoms with van der Waals surface area (Å²) in [7, 11) is -3.15. The van der Waals surface area contributed by atoms with E-state index in [1.54, 1.807) is 0 Å². The summed E-state index contributed by atoms with van der Waals surface area (Å²) < 4.78 is 30.0. The van der Waals surface area contributed by atoms with Crippen LogP contribution in [-0.4, -0.2) is 49.0 Å². The first-order valence-corrected chi connectivity index (χ1v) is 10.8. The maximum Gasteiger partial charge on any atom is 0.226 e. The normalized spacial score (nSPS) is 16.9. The molecule has 3 rings (SSSR count). The molecule has 1 aliphatic rings. The molecule has 1 aliphatic heterocycles. The molecule has 1 amide bonds. The molecule has 136 valence electrons. The summed E-state index contributed by atoms with van der Waals surface area (Å²) in [5, 5.41) is 5.59. The molecule has 1 fully saturated rings. The first kappa shape index (κ1) is 18.1. The molecule has 7 nitrogen and oxygen atoms in total. The van der Waals surface area contributed by atoms with Crippen LogP contribution in [0.5, 0.6) is 0 Å². The minimum atomic E-state index is -3.15. The largest absolute Gasteiger partial charge is 0.459 e. The van der Waals surface area contributed by atoms with E-state index in [1.807, 2.05) is 24.4 Å². The lowest BCUT2D eigenvalue weighted by Crippen LogP contribution is -2.46. The predicted octanol–water partition coefficient (Wildman–Crippen LogP) is 1.79. The number of carbonyl (C=O) groups is 1. The number of thiazole rings is 1. The van der Waals surface area contributed by atoms with Crippen molar-refractivity contribution in [2.24, 2.45) is 0 Å². The number of hydrogen-bond donors (Lipinski definition) is 1. The second kappa shape index (κ2) is 7.27. The van der Waals surface area contributed by atoms with Gasteiger partial charge in [0.05, 0.1) is 18.4 Å². The van der Waals surface area contributed by atoms with Gasteiger partial charge in [-0.3, -0.25) is 4.79 Å². The van der Waals surface area contributed by atoms with Crippen molar-refractivity contribution in [3.05, 3.63) is 29.0 Å². The predicted molar refractivity (Wildman–Crippen MR) is 95.8 cm³/mol. The lowest BCUT2D eigenvalue weighted by atomic mass is 10.1. The first-order valence-electron chi connectivity index (χ1n) is 8.07. The molecular formula is C16H21N3O4S2. The molecule has 1 N–H and O–H groups in total. The van der Waals surface area contributed by atoms with Crippen LogP contribution in [0.1, 0.15) is 24.3 Å². The molecule has 0 atom stereocenters. The zero-order chi connectivity index (χ0) is 18.0. The number of aromatic nitrogens is 1. The Morgan fingerprint density at radius 2 is 2.12 bits per heavy atom. The van der Waals surface area contributed by atoms with E-state index in [2.05, 4.69) is 10.3 Å². The van der Waals surface area contributed by atoms with E-state index in [-0.39, 0.29) is 18.4 Å². The molecule has 25 heavy (non-hydrogen) atoms. The Morgan fingerprint density at radius 1 is 1.40 bits per heavy atom.